The van der Waals surface area contributed by atoms with Crippen molar-refractivity contribution in [1.82, 2.24) is 4.31 Å². The Morgan fingerprint density at radius 2 is 1.56 bits per heavy atom. The van der Waals surface area contributed by atoms with Gasteiger partial charge in [0.05, 0.1) is 13.1 Å². The average molecular weight is 394 g/mol. The van der Waals surface area contributed by atoms with Crippen LogP contribution in [0.3, 0.4) is 0 Å². The molecule has 0 saturated carbocycles. The van der Waals surface area contributed by atoms with E-state index in [4.69, 9.17) is 0 Å². The van der Waals surface area contributed by atoms with Crippen molar-refractivity contribution in [2.45, 2.75) is 18.7 Å². The molecule has 0 unspecified atom stereocenters. The molecule has 27 heavy (non-hydrogen) atoms. The maximum atomic E-state index is 13.1. The first-order chi connectivity index (χ1) is 13.0. The van der Waals surface area contributed by atoms with Crippen LogP contribution in [0.25, 0.3) is 0 Å². The second kappa shape index (κ2) is 8.22. The predicted molar refractivity (Wildman–Crippen MR) is 104 cm³/mol. The van der Waals surface area contributed by atoms with Gasteiger partial charge in [0.15, 0.2) is 0 Å². The summed E-state index contributed by atoms with van der Waals surface area (Å²) in [5.41, 5.74) is 1.01. The summed E-state index contributed by atoms with van der Waals surface area (Å²) >= 11 is 0. The van der Waals surface area contributed by atoms with Crippen LogP contribution in [0.1, 0.15) is 13.8 Å². The standard InChI is InChI=1S/C19H25FN4O2S/c1-3-24(4-2)27(25,26)18-9-10-19(21-15-18)23-13-11-22(12-14-23)17-7-5-16(20)6-8-17/h5-10,15H,3-4,11-14H2,1-2H3/p+1. The van der Waals surface area contributed by atoms with E-state index in [1.807, 2.05) is 19.9 Å². The largest absolute Gasteiger partial charge is 0.364 e. The highest BCUT2D eigenvalue weighted by molar-refractivity contribution is 7.89. The maximum absolute atomic E-state index is 13.1. The van der Waals surface area contributed by atoms with Gasteiger partial charge >= 0.3 is 0 Å². The Balaban J connectivity index is 1.66. The van der Waals surface area contributed by atoms with Crippen molar-refractivity contribution in [3.05, 3.63) is 48.4 Å². The van der Waals surface area contributed by atoms with E-state index < -0.39 is 10.0 Å². The van der Waals surface area contributed by atoms with Gasteiger partial charge in [0.2, 0.25) is 10.0 Å². The number of nitrogens with zero attached hydrogens (tertiary/aromatic N) is 3. The number of H-pyrrole nitrogens is 1. The van der Waals surface area contributed by atoms with Crippen LogP contribution >= 0.6 is 0 Å². The van der Waals surface area contributed by atoms with Crippen molar-refractivity contribution < 1.29 is 17.8 Å². The van der Waals surface area contributed by atoms with Gasteiger partial charge in [-0.05, 0) is 30.3 Å². The first kappa shape index (κ1) is 19.6. The number of halogens is 1. The molecule has 1 aromatic heterocycles. The average Bonchev–Trinajstić information content (AvgIpc) is 2.69. The number of hydrogen-bond acceptors (Lipinski definition) is 4. The summed E-state index contributed by atoms with van der Waals surface area (Å²) in [6, 6.07) is 10.0. The van der Waals surface area contributed by atoms with Crippen LogP contribution in [0.15, 0.2) is 47.5 Å². The fourth-order valence-electron chi connectivity index (χ4n) is 3.33. The molecule has 3 rings (SSSR count). The first-order valence-corrected chi connectivity index (χ1v) is 10.7. The monoisotopic (exact) mass is 393 g/mol. The molecule has 8 heteroatoms. The van der Waals surface area contributed by atoms with Gasteiger partial charge in [-0.25, -0.2) is 17.8 Å². The highest BCUT2D eigenvalue weighted by Gasteiger charge is 2.26. The smallest absolute Gasteiger partial charge is 0.274 e. The summed E-state index contributed by atoms with van der Waals surface area (Å²) < 4.78 is 39.6. The van der Waals surface area contributed by atoms with Crippen LogP contribution in [0.5, 0.6) is 0 Å². The molecule has 1 N–H and O–H groups in total. The number of hydrogen-bond donors (Lipinski definition) is 0. The van der Waals surface area contributed by atoms with Crippen LogP contribution in [-0.2, 0) is 10.0 Å². The molecular formula is C19H26FN4O2S+. The lowest BCUT2D eigenvalue weighted by Crippen LogP contribution is -2.48. The van der Waals surface area contributed by atoms with Crippen LogP contribution in [0.2, 0.25) is 0 Å². The Kier molecular flexibility index (Phi) is 5.96. The van der Waals surface area contributed by atoms with Crippen molar-refractivity contribution in [3.8, 4) is 0 Å². The molecule has 0 spiro atoms. The van der Waals surface area contributed by atoms with Gasteiger partial charge in [0, 0.05) is 24.8 Å². The topological polar surface area (TPSA) is 58.0 Å². The SMILES string of the molecule is CCN(CC)S(=O)(=O)c1ccc(N2CCN(c3ccc(F)cc3)CC2)[nH+]c1. The highest BCUT2D eigenvalue weighted by Crippen LogP contribution is 2.20. The number of benzene rings is 1. The second-order valence-electron chi connectivity index (χ2n) is 6.45. The molecule has 1 saturated heterocycles. The van der Waals surface area contributed by atoms with E-state index in [0.717, 1.165) is 37.7 Å². The molecule has 1 aliphatic heterocycles. The molecule has 1 aromatic carbocycles. The number of piperazine rings is 1. The molecule has 0 bridgehead atoms. The van der Waals surface area contributed by atoms with Crippen LogP contribution in [0, 0.1) is 5.82 Å². The molecule has 0 amide bonds. The van der Waals surface area contributed by atoms with Gasteiger partial charge in [0.25, 0.3) is 5.82 Å². The fourth-order valence-corrected chi connectivity index (χ4v) is 4.76. The Hall–Kier alpha value is -2.19. The van der Waals surface area contributed by atoms with Crippen molar-refractivity contribution >= 4 is 21.5 Å². The number of anilines is 2. The molecule has 1 aliphatic rings. The summed E-state index contributed by atoms with van der Waals surface area (Å²) in [5.74, 6) is 0.666. The number of aromatic amines is 1. The zero-order chi connectivity index (χ0) is 19.4. The minimum atomic E-state index is -3.45. The molecule has 2 aromatic rings. The molecular weight excluding hydrogens is 367 g/mol. The zero-order valence-corrected chi connectivity index (χ0v) is 16.5. The minimum absolute atomic E-state index is 0.230. The normalized spacial score (nSPS) is 15.4. The lowest BCUT2D eigenvalue weighted by Gasteiger charge is -2.32. The van der Waals surface area contributed by atoms with E-state index in [0.29, 0.717) is 13.1 Å². The van der Waals surface area contributed by atoms with E-state index >= 15 is 0 Å². The quantitative estimate of drug-likeness (QED) is 0.753. The number of pyridine rings is 1. The molecule has 6 nitrogen and oxygen atoms in total. The van der Waals surface area contributed by atoms with Gasteiger partial charge in [-0.15, -0.1) is 0 Å². The highest BCUT2D eigenvalue weighted by atomic mass is 32.2. The third-order valence-corrected chi connectivity index (χ3v) is 6.97. The fraction of sp³-hybridized carbons (Fsp3) is 0.421. The minimum Gasteiger partial charge on any atom is -0.364 e. The van der Waals surface area contributed by atoms with Gasteiger partial charge in [0.1, 0.15) is 30.0 Å². The van der Waals surface area contributed by atoms with E-state index in [-0.39, 0.29) is 10.7 Å². The van der Waals surface area contributed by atoms with Crippen LogP contribution in [-0.4, -0.2) is 52.0 Å². The molecule has 0 aliphatic carbocycles. The molecule has 1 fully saturated rings. The Morgan fingerprint density at radius 1 is 0.963 bits per heavy atom. The predicted octanol–water partition coefficient (Wildman–Crippen LogP) is 2.00. The molecule has 2 heterocycles. The lowest BCUT2D eigenvalue weighted by molar-refractivity contribution is -0.367. The summed E-state index contributed by atoms with van der Waals surface area (Å²) in [6.07, 6.45) is 1.56. The number of nitrogens with one attached hydrogen (secondary N) is 1. The van der Waals surface area contributed by atoms with Gasteiger partial charge in [-0.2, -0.15) is 4.31 Å². The molecule has 0 atom stereocenters. The Bertz CT molecular complexity index is 844. The molecule has 146 valence electrons. The van der Waals surface area contributed by atoms with Crippen molar-refractivity contribution in [2.24, 2.45) is 0 Å². The maximum Gasteiger partial charge on any atom is 0.274 e. The van der Waals surface area contributed by atoms with Crippen molar-refractivity contribution in [3.63, 3.8) is 0 Å². The summed E-state index contributed by atoms with van der Waals surface area (Å²) in [4.78, 5) is 7.81. The first-order valence-electron chi connectivity index (χ1n) is 9.23. The van der Waals surface area contributed by atoms with E-state index in [1.54, 1.807) is 24.4 Å². The third-order valence-electron chi connectivity index (χ3n) is 4.92. The summed E-state index contributed by atoms with van der Waals surface area (Å²) in [5, 5.41) is 0. The number of rotatable bonds is 6. The number of sulfonamides is 1. The lowest BCUT2D eigenvalue weighted by atomic mass is 10.2. The van der Waals surface area contributed by atoms with Crippen LogP contribution in [0.4, 0.5) is 15.9 Å². The van der Waals surface area contributed by atoms with Gasteiger partial charge in [-0.1, -0.05) is 13.8 Å². The second-order valence-corrected chi connectivity index (χ2v) is 8.39. The third kappa shape index (κ3) is 4.22. The zero-order valence-electron chi connectivity index (χ0n) is 15.7. The van der Waals surface area contributed by atoms with Crippen molar-refractivity contribution in [2.75, 3.05) is 49.1 Å². The number of aromatic nitrogens is 1. The van der Waals surface area contributed by atoms with Gasteiger partial charge in [-0.3, -0.25) is 4.90 Å². The summed E-state index contributed by atoms with van der Waals surface area (Å²) in [7, 11) is -3.45. The van der Waals surface area contributed by atoms with Gasteiger partial charge < -0.3 is 4.90 Å². The van der Waals surface area contributed by atoms with Crippen LogP contribution < -0.4 is 14.8 Å². The van der Waals surface area contributed by atoms with E-state index in [2.05, 4.69) is 14.8 Å². The molecule has 0 radical (unpaired) electrons. The van der Waals surface area contributed by atoms with E-state index in [1.165, 1.54) is 16.4 Å². The summed E-state index contributed by atoms with van der Waals surface area (Å²) in [6.45, 7) is 7.81. The van der Waals surface area contributed by atoms with E-state index in [9.17, 15) is 12.8 Å². The Labute approximate surface area is 160 Å². The van der Waals surface area contributed by atoms with Crippen molar-refractivity contribution in [1.29, 1.82) is 0 Å². The Morgan fingerprint density at radius 3 is 2.07 bits per heavy atom.